The summed E-state index contributed by atoms with van der Waals surface area (Å²) in [6.45, 7) is 0.904. The largest absolute Gasteiger partial charge is 0.465 e. The third-order valence-electron chi connectivity index (χ3n) is 3.89. The summed E-state index contributed by atoms with van der Waals surface area (Å²) in [6, 6.07) is 7.96. The second kappa shape index (κ2) is 6.11. The summed E-state index contributed by atoms with van der Waals surface area (Å²) in [7, 11) is 1.55. The zero-order valence-electron chi connectivity index (χ0n) is 12.3. The van der Waals surface area contributed by atoms with Gasteiger partial charge in [0.1, 0.15) is 6.10 Å². The Morgan fingerprint density at radius 2 is 2.27 bits per heavy atom. The van der Waals surface area contributed by atoms with Crippen LogP contribution in [0, 0.1) is 0 Å². The van der Waals surface area contributed by atoms with Crippen LogP contribution in [0.15, 0.2) is 36.7 Å². The number of hydrogen-bond acceptors (Lipinski definition) is 4. The summed E-state index contributed by atoms with van der Waals surface area (Å²) in [5.41, 5.74) is 4.37. The average Bonchev–Trinajstić information content (AvgIpc) is 2.55. The highest BCUT2D eigenvalue weighted by Crippen LogP contribution is 2.34. The number of carbonyl (C=O) groups is 1. The minimum absolute atomic E-state index is 0.236. The van der Waals surface area contributed by atoms with Gasteiger partial charge in [-0.05, 0) is 29.2 Å². The first-order valence-corrected chi connectivity index (χ1v) is 7.11. The average molecular weight is 299 g/mol. The van der Waals surface area contributed by atoms with E-state index < -0.39 is 6.09 Å². The van der Waals surface area contributed by atoms with Crippen molar-refractivity contribution in [3.63, 3.8) is 0 Å². The maximum Gasteiger partial charge on any atom is 0.407 e. The van der Waals surface area contributed by atoms with Crippen LogP contribution in [-0.4, -0.2) is 46.5 Å². The maximum atomic E-state index is 11.0. The lowest BCUT2D eigenvalue weighted by atomic mass is 9.90. The van der Waals surface area contributed by atoms with Crippen molar-refractivity contribution in [1.82, 2.24) is 15.1 Å². The molecule has 1 atom stereocenters. The molecule has 1 N–H and O–H groups in total. The van der Waals surface area contributed by atoms with Crippen molar-refractivity contribution >= 4 is 6.09 Å². The van der Waals surface area contributed by atoms with E-state index in [1.54, 1.807) is 19.4 Å². The fourth-order valence-electron chi connectivity index (χ4n) is 2.78. The van der Waals surface area contributed by atoms with Crippen LogP contribution in [0.25, 0.3) is 11.1 Å². The first-order chi connectivity index (χ1) is 10.7. The van der Waals surface area contributed by atoms with Gasteiger partial charge in [0, 0.05) is 12.6 Å². The molecule has 0 radical (unpaired) electrons. The van der Waals surface area contributed by atoms with Crippen LogP contribution in [0.2, 0.25) is 0 Å². The molecule has 6 heteroatoms. The second-order valence-electron chi connectivity index (χ2n) is 5.28. The lowest BCUT2D eigenvalue weighted by Crippen LogP contribution is -2.32. The summed E-state index contributed by atoms with van der Waals surface area (Å²) >= 11 is 0. The van der Waals surface area contributed by atoms with E-state index in [-0.39, 0.29) is 6.10 Å². The normalized spacial score (nSPS) is 16.9. The van der Waals surface area contributed by atoms with Gasteiger partial charge in [0.15, 0.2) is 0 Å². The number of rotatable bonds is 3. The third-order valence-corrected chi connectivity index (χ3v) is 3.89. The van der Waals surface area contributed by atoms with Gasteiger partial charge in [-0.1, -0.05) is 18.2 Å². The van der Waals surface area contributed by atoms with E-state index in [4.69, 9.17) is 9.84 Å². The number of hydrogen-bond donors (Lipinski definition) is 1. The van der Waals surface area contributed by atoms with Crippen LogP contribution in [0.4, 0.5) is 4.79 Å². The SMILES string of the molecule is CN(C[C@H]1OCCc2c(-c3ccnnc3)cccc21)C(=O)O. The van der Waals surface area contributed by atoms with Crippen molar-refractivity contribution in [2.24, 2.45) is 0 Å². The van der Waals surface area contributed by atoms with E-state index in [0.29, 0.717) is 13.2 Å². The molecule has 22 heavy (non-hydrogen) atoms. The molecule has 1 aromatic carbocycles. The number of carboxylic acid groups (broad SMARTS) is 1. The Labute approximate surface area is 128 Å². The number of benzene rings is 1. The molecule has 0 unspecified atom stereocenters. The van der Waals surface area contributed by atoms with Gasteiger partial charge in [0.05, 0.1) is 25.5 Å². The number of aromatic nitrogens is 2. The van der Waals surface area contributed by atoms with E-state index >= 15 is 0 Å². The van der Waals surface area contributed by atoms with Crippen molar-refractivity contribution < 1.29 is 14.6 Å². The van der Waals surface area contributed by atoms with Crippen molar-refractivity contribution in [2.45, 2.75) is 12.5 Å². The number of likely N-dealkylation sites (N-methyl/N-ethyl adjacent to an activating group) is 1. The molecule has 1 aromatic heterocycles. The Morgan fingerprint density at radius 3 is 3.00 bits per heavy atom. The predicted molar refractivity (Wildman–Crippen MR) is 80.5 cm³/mol. The van der Waals surface area contributed by atoms with Crippen LogP contribution < -0.4 is 0 Å². The van der Waals surface area contributed by atoms with Crippen LogP contribution in [0.3, 0.4) is 0 Å². The smallest absolute Gasteiger partial charge is 0.407 e. The molecule has 0 saturated carbocycles. The summed E-state index contributed by atoms with van der Waals surface area (Å²) in [5, 5.41) is 16.8. The Balaban J connectivity index is 1.97. The monoisotopic (exact) mass is 299 g/mol. The Morgan fingerprint density at radius 1 is 1.41 bits per heavy atom. The molecule has 1 aliphatic heterocycles. The Hall–Kier alpha value is -2.47. The van der Waals surface area contributed by atoms with E-state index in [1.807, 2.05) is 18.2 Å². The fourth-order valence-corrected chi connectivity index (χ4v) is 2.78. The van der Waals surface area contributed by atoms with E-state index in [9.17, 15) is 4.79 Å². The van der Waals surface area contributed by atoms with Crippen LogP contribution in [0.1, 0.15) is 17.2 Å². The summed E-state index contributed by atoms with van der Waals surface area (Å²) in [6.07, 6.45) is 3.03. The third kappa shape index (κ3) is 2.78. The Kier molecular flexibility index (Phi) is 4.02. The quantitative estimate of drug-likeness (QED) is 0.941. The van der Waals surface area contributed by atoms with Crippen molar-refractivity contribution in [3.05, 3.63) is 47.8 Å². The van der Waals surface area contributed by atoms with Crippen LogP contribution in [0.5, 0.6) is 0 Å². The zero-order valence-corrected chi connectivity index (χ0v) is 12.3. The first kappa shape index (κ1) is 14.5. The highest BCUT2D eigenvalue weighted by Gasteiger charge is 2.25. The maximum absolute atomic E-state index is 11.0. The van der Waals surface area contributed by atoms with Gasteiger partial charge in [0.2, 0.25) is 0 Å². The second-order valence-corrected chi connectivity index (χ2v) is 5.28. The topological polar surface area (TPSA) is 75.5 Å². The van der Waals surface area contributed by atoms with Crippen molar-refractivity contribution in [1.29, 1.82) is 0 Å². The van der Waals surface area contributed by atoms with Crippen LogP contribution >= 0.6 is 0 Å². The zero-order chi connectivity index (χ0) is 15.5. The number of nitrogens with zero attached hydrogens (tertiary/aromatic N) is 3. The van der Waals surface area contributed by atoms with Gasteiger partial charge >= 0.3 is 6.09 Å². The minimum atomic E-state index is -0.954. The van der Waals surface area contributed by atoms with Crippen LogP contribution in [-0.2, 0) is 11.2 Å². The molecule has 1 aliphatic rings. The van der Waals surface area contributed by atoms with Crippen molar-refractivity contribution in [2.75, 3.05) is 20.2 Å². The van der Waals surface area contributed by atoms with Gasteiger partial charge in [-0.15, -0.1) is 0 Å². The van der Waals surface area contributed by atoms with Gasteiger partial charge < -0.3 is 14.7 Å². The molecule has 2 aromatic rings. The number of fused-ring (bicyclic) bond motifs is 1. The molecule has 114 valence electrons. The highest BCUT2D eigenvalue weighted by atomic mass is 16.5. The summed E-state index contributed by atoms with van der Waals surface area (Å²) in [4.78, 5) is 12.3. The van der Waals surface area contributed by atoms with E-state index in [1.165, 1.54) is 10.5 Å². The predicted octanol–water partition coefficient (Wildman–Crippen LogP) is 2.37. The van der Waals surface area contributed by atoms with E-state index in [2.05, 4.69) is 16.3 Å². The van der Waals surface area contributed by atoms with Gasteiger partial charge in [-0.3, -0.25) is 0 Å². The van der Waals surface area contributed by atoms with Gasteiger partial charge in [0.25, 0.3) is 0 Å². The highest BCUT2D eigenvalue weighted by molar-refractivity contribution is 5.68. The Bertz CT molecular complexity index is 676. The minimum Gasteiger partial charge on any atom is -0.465 e. The number of amides is 1. The van der Waals surface area contributed by atoms with E-state index in [0.717, 1.165) is 23.1 Å². The number of ether oxygens (including phenoxy) is 1. The molecule has 0 bridgehead atoms. The molecule has 0 saturated heterocycles. The lowest BCUT2D eigenvalue weighted by Gasteiger charge is -2.30. The standard InChI is InChI=1S/C16H17N3O3/c1-19(16(20)21)10-15-14-4-2-3-12(13(14)6-8-22-15)11-5-7-17-18-9-11/h2-5,7,9,15H,6,8,10H2,1H3,(H,20,21)/t15-/m1/s1. The molecule has 3 rings (SSSR count). The summed E-state index contributed by atoms with van der Waals surface area (Å²) in [5.74, 6) is 0. The molecule has 1 amide bonds. The van der Waals surface area contributed by atoms with Gasteiger partial charge in [-0.2, -0.15) is 10.2 Å². The first-order valence-electron chi connectivity index (χ1n) is 7.11. The molecule has 0 aliphatic carbocycles. The molecular weight excluding hydrogens is 282 g/mol. The fraction of sp³-hybridized carbons (Fsp3) is 0.312. The van der Waals surface area contributed by atoms with Crippen molar-refractivity contribution in [3.8, 4) is 11.1 Å². The summed E-state index contributed by atoms with van der Waals surface area (Å²) < 4.78 is 5.78. The lowest BCUT2D eigenvalue weighted by molar-refractivity contribution is 0.0225. The molecule has 2 heterocycles. The van der Waals surface area contributed by atoms with Gasteiger partial charge in [-0.25, -0.2) is 4.79 Å². The molecule has 6 nitrogen and oxygen atoms in total. The molecule has 0 fully saturated rings. The molecule has 0 spiro atoms. The molecular formula is C16H17N3O3.